The summed E-state index contributed by atoms with van der Waals surface area (Å²) in [5.41, 5.74) is 1.87. The highest BCUT2D eigenvalue weighted by atomic mass is 16.5. The number of rotatable bonds is 8. The minimum atomic E-state index is -0.837. The normalized spacial score (nSPS) is 23.5. The van der Waals surface area contributed by atoms with Crippen LogP contribution in [0.4, 0.5) is 0 Å². The molecule has 4 rings (SSSR count). The van der Waals surface area contributed by atoms with Gasteiger partial charge in [0.05, 0.1) is 31.4 Å². The fourth-order valence-corrected chi connectivity index (χ4v) is 5.19. The Morgan fingerprint density at radius 1 is 1.09 bits per heavy atom. The van der Waals surface area contributed by atoms with Crippen molar-refractivity contribution in [2.45, 2.75) is 70.3 Å². The van der Waals surface area contributed by atoms with Crippen LogP contribution in [0.1, 0.15) is 69.8 Å². The van der Waals surface area contributed by atoms with Crippen molar-refractivity contribution in [1.82, 2.24) is 5.01 Å². The number of methoxy groups -OCH3 is 1. The molecule has 0 unspecified atom stereocenters. The van der Waals surface area contributed by atoms with Crippen LogP contribution in [0, 0.1) is 11.8 Å². The number of carboxylic acid groups (broad SMARTS) is 1. The van der Waals surface area contributed by atoms with E-state index in [1.54, 1.807) is 12.1 Å². The third-order valence-corrected chi connectivity index (χ3v) is 6.96. The number of hydrazone groups is 1. The quantitative estimate of drug-likeness (QED) is 0.347. The molecule has 7 heteroatoms. The number of benzene rings is 1. The van der Waals surface area contributed by atoms with Crippen molar-refractivity contribution in [2.24, 2.45) is 16.9 Å². The van der Waals surface area contributed by atoms with Gasteiger partial charge in [0.2, 0.25) is 5.91 Å². The summed E-state index contributed by atoms with van der Waals surface area (Å²) in [6.45, 7) is 0.292. The van der Waals surface area contributed by atoms with Crippen molar-refractivity contribution in [1.29, 1.82) is 0 Å². The third-order valence-electron chi connectivity index (χ3n) is 6.96. The molecule has 1 fully saturated rings. The van der Waals surface area contributed by atoms with E-state index >= 15 is 0 Å². The molecule has 1 aromatic carbocycles. The molecule has 33 heavy (non-hydrogen) atoms. The summed E-state index contributed by atoms with van der Waals surface area (Å²) in [5.74, 6) is 0.478. The SMILES string of the molecule is COc1ccc(C2=NN(C3CCCCCC3)C(=O)[C@@H]3CC=CC[C@H]23)cc1OCCCC(=O)O. The number of allylic oxidation sites excluding steroid dienone is 2. The van der Waals surface area contributed by atoms with E-state index < -0.39 is 5.97 Å². The molecule has 2 aliphatic carbocycles. The van der Waals surface area contributed by atoms with Crippen molar-refractivity contribution in [3.05, 3.63) is 35.9 Å². The highest BCUT2D eigenvalue weighted by molar-refractivity contribution is 6.07. The topological polar surface area (TPSA) is 88.4 Å². The van der Waals surface area contributed by atoms with Gasteiger partial charge in [0.25, 0.3) is 0 Å². The van der Waals surface area contributed by atoms with Crippen molar-refractivity contribution in [3.8, 4) is 11.5 Å². The first-order chi connectivity index (χ1) is 16.1. The van der Waals surface area contributed by atoms with Crippen LogP contribution in [-0.4, -0.2) is 47.5 Å². The van der Waals surface area contributed by atoms with E-state index in [1.807, 2.05) is 18.2 Å². The van der Waals surface area contributed by atoms with Gasteiger partial charge in [-0.15, -0.1) is 0 Å². The molecule has 1 saturated carbocycles. The summed E-state index contributed by atoms with van der Waals surface area (Å²) in [7, 11) is 1.59. The molecule has 1 amide bonds. The van der Waals surface area contributed by atoms with Gasteiger partial charge >= 0.3 is 5.97 Å². The summed E-state index contributed by atoms with van der Waals surface area (Å²) in [4.78, 5) is 24.2. The largest absolute Gasteiger partial charge is 0.493 e. The summed E-state index contributed by atoms with van der Waals surface area (Å²) < 4.78 is 11.4. The fourth-order valence-electron chi connectivity index (χ4n) is 5.19. The van der Waals surface area contributed by atoms with Crippen LogP contribution >= 0.6 is 0 Å². The van der Waals surface area contributed by atoms with Gasteiger partial charge in [0.15, 0.2) is 11.5 Å². The second-order valence-corrected chi connectivity index (χ2v) is 9.18. The van der Waals surface area contributed by atoms with Crippen molar-refractivity contribution >= 4 is 17.6 Å². The van der Waals surface area contributed by atoms with Crippen LogP contribution in [0.25, 0.3) is 0 Å². The lowest BCUT2D eigenvalue weighted by atomic mass is 9.76. The van der Waals surface area contributed by atoms with Gasteiger partial charge in [-0.3, -0.25) is 9.59 Å². The first-order valence-electron chi connectivity index (χ1n) is 12.2. The predicted octanol–water partition coefficient (Wildman–Crippen LogP) is 4.79. The first-order valence-corrected chi connectivity index (χ1v) is 12.2. The molecule has 178 valence electrons. The molecular weight excluding hydrogens is 420 g/mol. The Bertz CT molecular complexity index is 917. The number of hydrogen-bond donors (Lipinski definition) is 1. The first kappa shape index (κ1) is 23.3. The van der Waals surface area contributed by atoms with Crippen molar-refractivity contribution in [2.75, 3.05) is 13.7 Å². The smallest absolute Gasteiger partial charge is 0.303 e. The summed E-state index contributed by atoms with van der Waals surface area (Å²) in [6, 6.07) is 5.95. The zero-order valence-corrected chi connectivity index (χ0v) is 19.4. The number of amides is 1. The van der Waals surface area contributed by atoms with Gasteiger partial charge in [-0.05, 0) is 50.3 Å². The molecule has 1 aromatic rings. The minimum absolute atomic E-state index is 0.0535. The Kier molecular flexibility index (Phi) is 7.68. The maximum Gasteiger partial charge on any atom is 0.303 e. The molecule has 2 atom stereocenters. The number of carboxylic acids is 1. The zero-order chi connectivity index (χ0) is 23.2. The van der Waals surface area contributed by atoms with Crippen molar-refractivity contribution in [3.63, 3.8) is 0 Å². The Morgan fingerprint density at radius 3 is 2.52 bits per heavy atom. The molecule has 7 nitrogen and oxygen atoms in total. The van der Waals surface area contributed by atoms with Crippen LogP contribution < -0.4 is 9.47 Å². The van der Waals surface area contributed by atoms with E-state index in [0.29, 0.717) is 24.5 Å². The van der Waals surface area contributed by atoms with E-state index in [1.165, 1.54) is 12.8 Å². The Morgan fingerprint density at radius 2 is 1.82 bits per heavy atom. The average Bonchev–Trinajstić information content (AvgIpc) is 3.11. The van der Waals surface area contributed by atoms with E-state index in [0.717, 1.165) is 49.8 Å². The number of aliphatic carboxylic acids is 1. The molecular formula is C26H34N2O5. The summed E-state index contributed by atoms with van der Waals surface area (Å²) in [5, 5.41) is 15.7. The summed E-state index contributed by atoms with van der Waals surface area (Å²) in [6.07, 6.45) is 13.1. The van der Waals surface area contributed by atoms with Crippen molar-refractivity contribution < 1.29 is 24.2 Å². The molecule has 1 heterocycles. The molecule has 0 spiro atoms. The lowest BCUT2D eigenvalue weighted by Gasteiger charge is -2.40. The highest BCUT2D eigenvalue weighted by Gasteiger charge is 2.42. The highest BCUT2D eigenvalue weighted by Crippen LogP contribution is 2.38. The van der Waals surface area contributed by atoms with Crippen LogP contribution in [0.15, 0.2) is 35.5 Å². The lowest BCUT2D eigenvalue weighted by molar-refractivity contribution is -0.140. The predicted molar refractivity (Wildman–Crippen MR) is 126 cm³/mol. The maximum atomic E-state index is 13.4. The number of ether oxygens (including phenoxy) is 2. The van der Waals surface area contributed by atoms with Crippen LogP contribution in [0.3, 0.4) is 0 Å². The Balaban J connectivity index is 1.64. The standard InChI is InChI=1S/C26H34N2O5/c1-32-22-15-14-18(17-23(22)33-16-8-13-24(29)30)25-20-11-6-7-12-21(20)26(31)28(27-25)19-9-4-2-3-5-10-19/h6-7,14-15,17,19-21H,2-5,8-13,16H2,1H3,(H,29,30)/t20-,21+/m0/s1. The zero-order valence-electron chi connectivity index (χ0n) is 19.4. The van der Waals surface area contributed by atoms with E-state index in [4.69, 9.17) is 19.7 Å². The second-order valence-electron chi connectivity index (χ2n) is 9.18. The molecule has 0 aromatic heterocycles. The summed E-state index contributed by atoms with van der Waals surface area (Å²) >= 11 is 0. The van der Waals surface area contributed by atoms with Crippen LogP contribution in [0.5, 0.6) is 11.5 Å². The Hall–Kier alpha value is -2.83. The molecule has 1 N–H and O–H groups in total. The number of carbonyl (C=O) groups excluding carboxylic acids is 1. The molecule has 0 radical (unpaired) electrons. The average molecular weight is 455 g/mol. The van der Waals surface area contributed by atoms with Gasteiger partial charge in [-0.2, -0.15) is 5.10 Å². The fraction of sp³-hybridized carbons (Fsp3) is 0.577. The molecule has 0 bridgehead atoms. The van der Waals surface area contributed by atoms with Crippen LogP contribution in [-0.2, 0) is 9.59 Å². The lowest BCUT2D eigenvalue weighted by Crippen LogP contribution is -2.49. The molecule has 1 aliphatic heterocycles. The van der Waals surface area contributed by atoms with Gasteiger partial charge in [0, 0.05) is 17.9 Å². The Labute approximate surface area is 195 Å². The number of nitrogens with zero attached hydrogens (tertiary/aromatic N) is 2. The van der Waals surface area contributed by atoms with E-state index in [-0.39, 0.29) is 30.2 Å². The number of hydrogen-bond acceptors (Lipinski definition) is 5. The van der Waals surface area contributed by atoms with Gasteiger partial charge < -0.3 is 14.6 Å². The number of fused-ring (bicyclic) bond motifs is 1. The van der Waals surface area contributed by atoms with Crippen LogP contribution in [0.2, 0.25) is 0 Å². The van der Waals surface area contributed by atoms with Gasteiger partial charge in [-0.1, -0.05) is 37.8 Å². The minimum Gasteiger partial charge on any atom is -0.493 e. The molecule has 3 aliphatic rings. The van der Waals surface area contributed by atoms with Gasteiger partial charge in [0.1, 0.15) is 0 Å². The third kappa shape index (κ3) is 5.40. The number of carbonyl (C=O) groups is 2. The molecule has 0 saturated heterocycles. The van der Waals surface area contributed by atoms with Gasteiger partial charge in [-0.25, -0.2) is 5.01 Å². The second kappa shape index (κ2) is 10.9. The maximum absolute atomic E-state index is 13.4. The van der Waals surface area contributed by atoms with E-state index in [9.17, 15) is 9.59 Å². The monoisotopic (exact) mass is 454 g/mol. The van der Waals surface area contributed by atoms with E-state index in [2.05, 4.69) is 12.2 Å².